The van der Waals surface area contributed by atoms with E-state index in [1.54, 1.807) is 18.1 Å². The molecule has 0 bridgehead atoms. The zero-order valence-electron chi connectivity index (χ0n) is 8.63. The van der Waals surface area contributed by atoms with Crippen molar-refractivity contribution in [1.82, 2.24) is 19.9 Å². The number of carbonyl (C=O) groups excluding carboxylic acids is 1. The van der Waals surface area contributed by atoms with Crippen LogP contribution in [-0.4, -0.2) is 50.1 Å². The normalized spacial score (nSPS) is 21.7. The number of carbonyl (C=O) groups is 1. The molecule has 0 spiro atoms. The van der Waals surface area contributed by atoms with E-state index >= 15 is 0 Å². The molecule has 0 aromatic carbocycles. The molecule has 1 aliphatic rings. The minimum absolute atomic E-state index is 0.151. The SMILES string of the molecule is Cn1cc(C(=O)N2CCC[C@@H](O)C2)nn1. The second-order valence-corrected chi connectivity index (χ2v) is 3.82. The van der Waals surface area contributed by atoms with E-state index < -0.39 is 6.10 Å². The third-order valence-electron chi connectivity index (χ3n) is 2.51. The van der Waals surface area contributed by atoms with Crippen LogP contribution in [0.15, 0.2) is 6.20 Å². The van der Waals surface area contributed by atoms with E-state index in [1.807, 2.05) is 0 Å². The average molecular weight is 210 g/mol. The molecule has 1 aliphatic heterocycles. The first-order valence-corrected chi connectivity index (χ1v) is 5.00. The highest BCUT2D eigenvalue weighted by Crippen LogP contribution is 2.12. The summed E-state index contributed by atoms with van der Waals surface area (Å²) in [6, 6.07) is 0. The number of aryl methyl sites for hydroxylation is 1. The molecule has 1 fully saturated rings. The molecule has 6 nitrogen and oxygen atoms in total. The highest BCUT2D eigenvalue weighted by molar-refractivity contribution is 5.92. The Bertz CT molecular complexity index is 363. The van der Waals surface area contributed by atoms with Crippen molar-refractivity contribution in [2.45, 2.75) is 18.9 Å². The topological polar surface area (TPSA) is 71.2 Å². The lowest BCUT2D eigenvalue weighted by atomic mass is 10.1. The van der Waals surface area contributed by atoms with Crippen LogP contribution >= 0.6 is 0 Å². The van der Waals surface area contributed by atoms with Crippen molar-refractivity contribution in [1.29, 1.82) is 0 Å². The molecule has 1 saturated heterocycles. The van der Waals surface area contributed by atoms with Crippen LogP contribution < -0.4 is 0 Å². The summed E-state index contributed by atoms with van der Waals surface area (Å²) in [6.07, 6.45) is 2.79. The fourth-order valence-corrected chi connectivity index (χ4v) is 1.75. The minimum atomic E-state index is -0.403. The molecule has 2 heterocycles. The fourth-order valence-electron chi connectivity index (χ4n) is 1.75. The Morgan fingerprint density at radius 2 is 2.47 bits per heavy atom. The van der Waals surface area contributed by atoms with Gasteiger partial charge in [0, 0.05) is 20.1 Å². The van der Waals surface area contributed by atoms with Crippen LogP contribution in [0.25, 0.3) is 0 Å². The molecule has 0 radical (unpaired) electrons. The first-order chi connectivity index (χ1) is 7.16. The van der Waals surface area contributed by atoms with Gasteiger partial charge in [0.15, 0.2) is 5.69 Å². The van der Waals surface area contributed by atoms with Gasteiger partial charge in [-0.25, -0.2) is 0 Å². The van der Waals surface area contributed by atoms with Gasteiger partial charge in [-0.3, -0.25) is 9.48 Å². The largest absolute Gasteiger partial charge is 0.391 e. The Hall–Kier alpha value is -1.43. The van der Waals surface area contributed by atoms with Crippen molar-refractivity contribution in [3.05, 3.63) is 11.9 Å². The van der Waals surface area contributed by atoms with E-state index in [0.717, 1.165) is 12.8 Å². The highest BCUT2D eigenvalue weighted by Gasteiger charge is 2.24. The average Bonchev–Trinajstić information content (AvgIpc) is 2.64. The zero-order valence-corrected chi connectivity index (χ0v) is 8.63. The number of nitrogens with zero attached hydrogens (tertiary/aromatic N) is 4. The first-order valence-electron chi connectivity index (χ1n) is 5.00. The zero-order chi connectivity index (χ0) is 10.8. The van der Waals surface area contributed by atoms with Crippen LogP contribution in [0.2, 0.25) is 0 Å². The number of amides is 1. The minimum Gasteiger partial charge on any atom is -0.391 e. The van der Waals surface area contributed by atoms with Gasteiger partial charge in [0.05, 0.1) is 12.3 Å². The Morgan fingerprint density at radius 1 is 1.67 bits per heavy atom. The number of aliphatic hydroxyl groups is 1. The van der Waals surface area contributed by atoms with Gasteiger partial charge in [-0.2, -0.15) is 0 Å². The van der Waals surface area contributed by atoms with Gasteiger partial charge >= 0.3 is 0 Å². The standard InChI is InChI=1S/C9H14N4O2/c1-12-6-8(10-11-12)9(15)13-4-2-3-7(14)5-13/h6-7,14H,2-5H2,1H3/t7-/m1/s1. The van der Waals surface area contributed by atoms with Gasteiger partial charge in [-0.15, -0.1) is 5.10 Å². The molecule has 0 saturated carbocycles. The Labute approximate surface area is 87.5 Å². The number of rotatable bonds is 1. The van der Waals surface area contributed by atoms with Crippen LogP contribution in [0.5, 0.6) is 0 Å². The highest BCUT2D eigenvalue weighted by atomic mass is 16.3. The summed E-state index contributed by atoms with van der Waals surface area (Å²) in [4.78, 5) is 13.5. The van der Waals surface area contributed by atoms with E-state index in [4.69, 9.17) is 0 Å². The second-order valence-electron chi connectivity index (χ2n) is 3.82. The number of aromatic nitrogens is 3. The van der Waals surface area contributed by atoms with E-state index in [9.17, 15) is 9.90 Å². The summed E-state index contributed by atoms with van der Waals surface area (Å²) in [6.45, 7) is 1.09. The van der Waals surface area contributed by atoms with E-state index in [-0.39, 0.29) is 5.91 Å². The van der Waals surface area contributed by atoms with Crippen LogP contribution in [0.4, 0.5) is 0 Å². The number of β-amino-alcohol motifs (C(OH)–C–C–N with tert-alkyl or cyclic N) is 1. The molecule has 15 heavy (non-hydrogen) atoms. The van der Waals surface area contributed by atoms with Gasteiger partial charge in [-0.05, 0) is 12.8 Å². The van der Waals surface area contributed by atoms with Crippen LogP contribution in [0.3, 0.4) is 0 Å². The Morgan fingerprint density at radius 3 is 3.07 bits per heavy atom. The van der Waals surface area contributed by atoms with Crippen molar-refractivity contribution in [2.75, 3.05) is 13.1 Å². The summed E-state index contributed by atoms with van der Waals surface area (Å²) in [7, 11) is 1.72. The number of hydrogen-bond acceptors (Lipinski definition) is 4. The maximum absolute atomic E-state index is 11.9. The molecule has 82 valence electrons. The number of likely N-dealkylation sites (tertiary alicyclic amines) is 1. The van der Waals surface area contributed by atoms with Gasteiger partial charge in [0.2, 0.25) is 0 Å². The number of aliphatic hydroxyl groups excluding tert-OH is 1. The summed E-state index contributed by atoms with van der Waals surface area (Å²) in [5.74, 6) is -0.151. The predicted molar refractivity (Wildman–Crippen MR) is 52.1 cm³/mol. The molecule has 6 heteroatoms. The molecule has 1 atom stereocenters. The quantitative estimate of drug-likeness (QED) is 0.672. The summed E-state index contributed by atoms with van der Waals surface area (Å²) < 4.78 is 1.49. The summed E-state index contributed by atoms with van der Waals surface area (Å²) in [5, 5.41) is 16.9. The molecule has 1 aromatic rings. The van der Waals surface area contributed by atoms with E-state index in [1.165, 1.54) is 4.68 Å². The third kappa shape index (κ3) is 2.15. The lowest BCUT2D eigenvalue weighted by Gasteiger charge is -2.29. The van der Waals surface area contributed by atoms with Gasteiger partial charge in [0.25, 0.3) is 5.91 Å². The molecular formula is C9H14N4O2. The van der Waals surface area contributed by atoms with Gasteiger partial charge in [-0.1, -0.05) is 5.21 Å². The van der Waals surface area contributed by atoms with E-state index in [0.29, 0.717) is 18.8 Å². The van der Waals surface area contributed by atoms with Crippen molar-refractivity contribution in [3.8, 4) is 0 Å². The maximum Gasteiger partial charge on any atom is 0.276 e. The van der Waals surface area contributed by atoms with Crippen molar-refractivity contribution in [3.63, 3.8) is 0 Å². The molecule has 1 N–H and O–H groups in total. The lowest BCUT2D eigenvalue weighted by molar-refractivity contribution is 0.0469. The molecule has 2 rings (SSSR count). The van der Waals surface area contributed by atoms with Crippen molar-refractivity contribution in [2.24, 2.45) is 7.05 Å². The molecule has 0 unspecified atom stereocenters. The summed E-state index contributed by atoms with van der Waals surface area (Å²) in [5.41, 5.74) is 0.339. The van der Waals surface area contributed by atoms with Crippen molar-refractivity contribution >= 4 is 5.91 Å². The third-order valence-corrected chi connectivity index (χ3v) is 2.51. The van der Waals surface area contributed by atoms with Gasteiger partial charge in [0.1, 0.15) is 0 Å². The first kappa shape index (κ1) is 10.1. The van der Waals surface area contributed by atoms with Crippen LogP contribution in [-0.2, 0) is 7.05 Å². The molecule has 0 aliphatic carbocycles. The predicted octanol–water partition coefficient (Wildman–Crippen LogP) is -0.588. The van der Waals surface area contributed by atoms with Gasteiger partial charge < -0.3 is 10.0 Å². The Balaban J connectivity index is 2.07. The summed E-state index contributed by atoms with van der Waals surface area (Å²) >= 11 is 0. The molecule has 1 amide bonds. The number of piperidine rings is 1. The van der Waals surface area contributed by atoms with Crippen molar-refractivity contribution < 1.29 is 9.90 Å². The van der Waals surface area contributed by atoms with E-state index in [2.05, 4.69) is 10.3 Å². The smallest absolute Gasteiger partial charge is 0.276 e. The monoisotopic (exact) mass is 210 g/mol. The number of hydrogen-bond donors (Lipinski definition) is 1. The van der Waals surface area contributed by atoms with Crippen LogP contribution in [0, 0.1) is 0 Å². The second kappa shape index (κ2) is 3.98. The van der Waals surface area contributed by atoms with Crippen LogP contribution in [0.1, 0.15) is 23.3 Å². The maximum atomic E-state index is 11.9. The fraction of sp³-hybridized carbons (Fsp3) is 0.667. The molecular weight excluding hydrogens is 196 g/mol. The molecule has 1 aromatic heterocycles. The lowest BCUT2D eigenvalue weighted by Crippen LogP contribution is -2.42. The Kier molecular flexibility index (Phi) is 2.68.